The number of hydrogen-bond acceptors (Lipinski definition) is 4. The molecule has 1 heterocycles. The largest absolute Gasteiger partial charge is 0.419 e. The minimum Gasteiger partial charge on any atom is -0.369 e. The van der Waals surface area contributed by atoms with Gasteiger partial charge in [0.1, 0.15) is 11.6 Å². The Morgan fingerprint density at radius 3 is 2.47 bits per heavy atom. The first-order valence-electron chi connectivity index (χ1n) is 4.89. The standard InChI is InChI=1S/C10H6F4N4S/c11-6-4(2-1-3-5(6)10(12,13)14)7-16-8(15)18-9(19)17-7/h1-3H,(H3,15,16,17,18,19). The van der Waals surface area contributed by atoms with Gasteiger partial charge in [0.15, 0.2) is 0 Å². The summed E-state index contributed by atoms with van der Waals surface area (Å²) in [6, 6.07) is 2.84. The number of nitrogens with two attached hydrogens (primary N) is 1. The van der Waals surface area contributed by atoms with Gasteiger partial charge in [0, 0.05) is 0 Å². The van der Waals surface area contributed by atoms with Gasteiger partial charge in [0.05, 0.1) is 11.1 Å². The average molecular weight is 290 g/mol. The van der Waals surface area contributed by atoms with E-state index in [1.165, 1.54) is 0 Å². The topological polar surface area (TPSA) is 67.6 Å². The van der Waals surface area contributed by atoms with Crippen LogP contribution in [0.4, 0.5) is 23.5 Å². The fourth-order valence-corrected chi connectivity index (χ4v) is 1.65. The molecule has 1 aromatic heterocycles. The second-order valence-corrected chi connectivity index (χ2v) is 3.90. The number of anilines is 1. The normalized spacial score (nSPS) is 11.6. The Balaban J connectivity index is 2.67. The SMILES string of the molecule is Nc1nc(=S)nc(-c2cccc(C(F)(F)F)c2F)[nH]1. The Hall–Kier alpha value is -2.03. The number of nitrogens with zero attached hydrogens (tertiary/aromatic N) is 2. The molecule has 4 nitrogen and oxygen atoms in total. The van der Waals surface area contributed by atoms with Gasteiger partial charge in [0.2, 0.25) is 10.7 Å². The van der Waals surface area contributed by atoms with Gasteiger partial charge in [-0.25, -0.2) is 9.37 Å². The number of hydrogen-bond donors (Lipinski definition) is 2. The number of H-pyrrole nitrogens is 1. The van der Waals surface area contributed by atoms with E-state index in [0.717, 1.165) is 12.1 Å². The van der Waals surface area contributed by atoms with Crippen LogP contribution in [0.25, 0.3) is 11.4 Å². The summed E-state index contributed by atoms with van der Waals surface area (Å²) in [6.07, 6.45) is -4.80. The molecule has 0 fully saturated rings. The predicted octanol–water partition coefficient (Wildman–Crippen LogP) is 2.94. The molecular formula is C10H6F4N4S. The van der Waals surface area contributed by atoms with Crippen molar-refractivity contribution in [1.82, 2.24) is 15.0 Å². The van der Waals surface area contributed by atoms with Crippen molar-refractivity contribution >= 4 is 18.2 Å². The van der Waals surface area contributed by atoms with Crippen LogP contribution < -0.4 is 5.73 Å². The zero-order valence-electron chi connectivity index (χ0n) is 9.12. The third-order valence-corrected chi connectivity index (χ3v) is 2.41. The lowest BCUT2D eigenvalue weighted by Crippen LogP contribution is -2.09. The minimum absolute atomic E-state index is 0.160. The molecule has 0 aliphatic heterocycles. The summed E-state index contributed by atoms with van der Waals surface area (Å²) >= 11 is 4.67. The van der Waals surface area contributed by atoms with E-state index in [1.54, 1.807) is 0 Å². The van der Waals surface area contributed by atoms with Crippen molar-refractivity contribution in [2.45, 2.75) is 6.18 Å². The summed E-state index contributed by atoms with van der Waals surface area (Å²) in [6.45, 7) is 0. The van der Waals surface area contributed by atoms with Gasteiger partial charge in [0.25, 0.3) is 0 Å². The Labute approximate surface area is 109 Å². The molecule has 2 aromatic rings. The highest BCUT2D eigenvalue weighted by molar-refractivity contribution is 7.71. The monoisotopic (exact) mass is 290 g/mol. The summed E-state index contributed by atoms with van der Waals surface area (Å²) in [5, 5.41) is 0. The number of nitrogen functional groups attached to an aromatic ring is 1. The molecule has 100 valence electrons. The van der Waals surface area contributed by atoms with Crippen molar-refractivity contribution in [2.75, 3.05) is 5.73 Å². The molecule has 9 heteroatoms. The molecule has 0 radical (unpaired) electrons. The average Bonchev–Trinajstić information content (AvgIpc) is 2.26. The van der Waals surface area contributed by atoms with E-state index >= 15 is 0 Å². The molecule has 3 N–H and O–H groups in total. The van der Waals surface area contributed by atoms with E-state index in [1.807, 2.05) is 0 Å². The highest BCUT2D eigenvalue weighted by atomic mass is 32.1. The lowest BCUT2D eigenvalue weighted by Gasteiger charge is -2.10. The first kappa shape index (κ1) is 13.4. The highest BCUT2D eigenvalue weighted by Gasteiger charge is 2.35. The van der Waals surface area contributed by atoms with Crippen LogP contribution in [-0.4, -0.2) is 15.0 Å². The van der Waals surface area contributed by atoms with Crippen LogP contribution in [0.1, 0.15) is 5.56 Å². The zero-order chi connectivity index (χ0) is 14.2. The summed E-state index contributed by atoms with van der Waals surface area (Å²) in [7, 11) is 0. The van der Waals surface area contributed by atoms with Gasteiger partial charge in [-0.05, 0) is 24.4 Å². The fraction of sp³-hybridized carbons (Fsp3) is 0.100. The van der Waals surface area contributed by atoms with E-state index in [2.05, 4.69) is 27.2 Å². The lowest BCUT2D eigenvalue weighted by atomic mass is 10.1. The Kier molecular flexibility index (Phi) is 3.23. The second-order valence-electron chi connectivity index (χ2n) is 3.53. The summed E-state index contributed by atoms with van der Waals surface area (Å²) in [5.41, 5.74) is 3.59. The van der Waals surface area contributed by atoms with Gasteiger partial charge in [-0.15, -0.1) is 0 Å². The Bertz CT molecular complexity index is 680. The molecule has 0 spiro atoms. The highest BCUT2D eigenvalue weighted by Crippen LogP contribution is 2.34. The molecule has 1 aromatic carbocycles. The summed E-state index contributed by atoms with van der Waals surface area (Å²) in [5.74, 6) is -1.81. The minimum atomic E-state index is -4.80. The van der Waals surface area contributed by atoms with Gasteiger partial charge < -0.3 is 10.7 Å². The predicted molar refractivity (Wildman–Crippen MR) is 62.0 cm³/mol. The summed E-state index contributed by atoms with van der Waals surface area (Å²) in [4.78, 5) is 9.56. The molecular weight excluding hydrogens is 284 g/mol. The van der Waals surface area contributed by atoms with Crippen molar-refractivity contribution < 1.29 is 17.6 Å². The van der Waals surface area contributed by atoms with E-state index in [-0.39, 0.29) is 22.1 Å². The van der Waals surface area contributed by atoms with Crippen LogP contribution in [0.5, 0.6) is 0 Å². The molecule has 0 atom stereocenters. The van der Waals surface area contributed by atoms with E-state index in [9.17, 15) is 17.6 Å². The molecule has 0 aliphatic carbocycles. The Morgan fingerprint density at radius 2 is 1.89 bits per heavy atom. The van der Waals surface area contributed by atoms with E-state index < -0.39 is 17.6 Å². The van der Waals surface area contributed by atoms with Crippen molar-refractivity contribution in [3.05, 3.63) is 34.4 Å². The maximum absolute atomic E-state index is 13.8. The van der Waals surface area contributed by atoms with Crippen molar-refractivity contribution in [3.8, 4) is 11.4 Å². The quantitative estimate of drug-likeness (QED) is 0.626. The number of rotatable bonds is 1. The number of nitrogens with one attached hydrogen (secondary N) is 1. The maximum Gasteiger partial charge on any atom is 0.419 e. The molecule has 0 aliphatic rings. The van der Waals surface area contributed by atoms with Crippen LogP contribution >= 0.6 is 12.2 Å². The Morgan fingerprint density at radius 1 is 1.21 bits per heavy atom. The molecule has 0 amide bonds. The van der Waals surface area contributed by atoms with Gasteiger partial charge in [-0.2, -0.15) is 18.2 Å². The smallest absolute Gasteiger partial charge is 0.369 e. The number of alkyl halides is 3. The van der Waals surface area contributed by atoms with Crippen LogP contribution in [0, 0.1) is 10.6 Å². The first-order chi connectivity index (χ1) is 8.79. The molecule has 0 saturated heterocycles. The van der Waals surface area contributed by atoms with E-state index in [4.69, 9.17) is 5.73 Å². The van der Waals surface area contributed by atoms with Crippen LogP contribution in [0.3, 0.4) is 0 Å². The molecule has 0 unspecified atom stereocenters. The molecule has 2 rings (SSSR count). The molecule has 19 heavy (non-hydrogen) atoms. The number of aromatic amines is 1. The second kappa shape index (κ2) is 4.57. The van der Waals surface area contributed by atoms with Crippen LogP contribution in [0.2, 0.25) is 0 Å². The van der Waals surface area contributed by atoms with Crippen LogP contribution in [0.15, 0.2) is 18.2 Å². The third kappa shape index (κ3) is 2.70. The van der Waals surface area contributed by atoms with Gasteiger partial charge >= 0.3 is 6.18 Å². The number of aromatic nitrogens is 3. The van der Waals surface area contributed by atoms with Crippen molar-refractivity contribution in [3.63, 3.8) is 0 Å². The molecule has 0 bridgehead atoms. The van der Waals surface area contributed by atoms with Gasteiger partial charge in [-0.3, -0.25) is 0 Å². The van der Waals surface area contributed by atoms with Crippen LogP contribution in [-0.2, 0) is 6.18 Å². The first-order valence-corrected chi connectivity index (χ1v) is 5.30. The molecule has 0 saturated carbocycles. The maximum atomic E-state index is 13.8. The number of halogens is 4. The van der Waals surface area contributed by atoms with E-state index in [0.29, 0.717) is 6.07 Å². The fourth-order valence-electron chi connectivity index (χ4n) is 1.46. The summed E-state index contributed by atoms with van der Waals surface area (Å²) < 4.78 is 51.4. The lowest BCUT2D eigenvalue weighted by molar-refractivity contribution is -0.139. The van der Waals surface area contributed by atoms with Crippen molar-refractivity contribution in [1.29, 1.82) is 0 Å². The van der Waals surface area contributed by atoms with Crippen molar-refractivity contribution in [2.24, 2.45) is 0 Å². The van der Waals surface area contributed by atoms with Gasteiger partial charge in [-0.1, -0.05) is 6.07 Å². The zero-order valence-corrected chi connectivity index (χ0v) is 9.94. The number of benzene rings is 1. The third-order valence-electron chi connectivity index (χ3n) is 2.23.